The van der Waals surface area contributed by atoms with Crippen molar-refractivity contribution < 1.29 is 9.53 Å². The number of esters is 1. The molecule has 1 aliphatic heterocycles. The predicted octanol–water partition coefficient (Wildman–Crippen LogP) is 2.25. The Morgan fingerprint density at radius 3 is 2.69 bits per heavy atom. The van der Waals surface area contributed by atoms with Crippen molar-refractivity contribution in [3.05, 3.63) is 0 Å². The Labute approximate surface area is 97.9 Å². The Hall–Kier alpha value is -0.570. The molecular weight excluding hydrogens is 202 g/mol. The summed E-state index contributed by atoms with van der Waals surface area (Å²) >= 11 is 0. The molecular formula is C13H23NO2. The molecule has 0 bridgehead atoms. The zero-order chi connectivity index (χ0) is 11.6. The molecule has 1 saturated heterocycles. The van der Waals surface area contributed by atoms with E-state index in [0.717, 1.165) is 25.8 Å². The lowest BCUT2D eigenvalue weighted by Crippen LogP contribution is -2.47. The summed E-state index contributed by atoms with van der Waals surface area (Å²) in [5.41, 5.74) is -0.419. The van der Waals surface area contributed by atoms with E-state index in [9.17, 15) is 4.79 Å². The van der Waals surface area contributed by atoms with Crippen LogP contribution in [0.25, 0.3) is 0 Å². The average molecular weight is 225 g/mol. The maximum absolute atomic E-state index is 12.1. The van der Waals surface area contributed by atoms with Gasteiger partial charge in [0.05, 0.1) is 0 Å². The van der Waals surface area contributed by atoms with Gasteiger partial charge >= 0.3 is 5.97 Å². The maximum atomic E-state index is 12.1. The van der Waals surface area contributed by atoms with Crippen LogP contribution in [-0.2, 0) is 9.53 Å². The van der Waals surface area contributed by atoms with E-state index in [2.05, 4.69) is 12.2 Å². The number of carbonyl (C=O) groups excluding carboxylic acids is 1. The van der Waals surface area contributed by atoms with E-state index in [0.29, 0.717) is 5.92 Å². The van der Waals surface area contributed by atoms with E-state index in [1.165, 1.54) is 19.3 Å². The third-order valence-electron chi connectivity index (χ3n) is 4.11. The van der Waals surface area contributed by atoms with Crippen molar-refractivity contribution in [2.45, 2.75) is 64.0 Å². The third kappa shape index (κ3) is 2.40. The molecule has 2 aliphatic rings. The Kier molecular flexibility index (Phi) is 3.53. The van der Waals surface area contributed by atoms with Crippen molar-refractivity contribution in [1.82, 2.24) is 5.32 Å². The Morgan fingerprint density at radius 1 is 1.31 bits per heavy atom. The van der Waals surface area contributed by atoms with Crippen molar-refractivity contribution in [1.29, 1.82) is 0 Å². The Morgan fingerprint density at radius 2 is 2.06 bits per heavy atom. The molecule has 16 heavy (non-hydrogen) atoms. The first kappa shape index (κ1) is 11.9. The van der Waals surface area contributed by atoms with Crippen molar-refractivity contribution in [2.75, 3.05) is 6.54 Å². The van der Waals surface area contributed by atoms with Gasteiger partial charge in [0, 0.05) is 0 Å². The zero-order valence-corrected chi connectivity index (χ0v) is 10.4. The van der Waals surface area contributed by atoms with Crippen LogP contribution in [0.5, 0.6) is 0 Å². The minimum atomic E-state index is -0.419. The molecule has 0 radical (unpaired) electrons. The fourth-order valence-corrected chi connectivity index (χ4v) is 2.79. The first-order valence-corrected chi connectivity index (χ1v) is 6.58. The Bertz CT molecular complexity index is 259. The lowest BCUT2D eigenvalue weighted by molar-refractivity contribution is -0.160. The van der Waals surface area contributed by atoms with Crippen LogP contribution in [0.4, 0.5) is 0 Å². The fraction of sp³-hybridized carbons (Fsp3) is 0.923. The number of carbonyl (C=O) groups is 1. The van der Waals surface area contributed by atoms with Crippen molar-refractivity contribution in [3.8, 4) is 0 Å². The maximum Gasteiger partial charge on any atom is 0.326 e. The highest BCUT2D eigenvalue weighted by Crippen LogP contribution is 2.29. The monoisotopic (exact) mass is 225 g/mol. The second-order valence-electron chi connectivity index (χ2n) is 5.57. The highest BCUT2D eigenvalue weighted by Gasteiger charge is 2.39. The topological polar surface area (TPSA) is 38.3 Å². The number of rotatable bonds is 2. The minimum Gasteiger partial charge on any atom is -0.461 e. The first-order chi connectivity index (χ1) is 7.62. The summed E-state index contributed by atoms with van der Waals surface area (Å²) in [6.07, 6.45) is 6.86. The van der Waals surface area contributed by atoms with Crippen LogP contribution >= 0.6 is 0 Å². The molecule has 0 spiro atoms. The number of hydrogen-bond acceptors (Lipinski definition) is 3. The smallest absolute Gasteiger partial charge is 0.326 e. The normalized spacial score (nSPS) is 39.6. The molecule has 2 fully saturated rings. The van der Waals surface area contributed by atoms with E-state index in [-0.39, 0.29) is 12.1 Å². The summed E-state index contributed by atoms with van der Waals surface area (Å²) in [4.78, 5) is 12.1. The molecule has 92 valence electrons. The van der Waals surface area contributed by atoms with Crippen LogP contribution in [0.15, 0.2) is 0 Å². The van der Waals surface area contributed by atoms with Crippen molar-refractivity contribution in [2.24, 2.45) is 5.92 Å². The third-order valence-corrected chi connectivity index (χ3v) is 4.11. The first-order valence-electron chi connectivity index (χ1n) is 6.58. The molecule has 0 amide bonds. The van der Waals surface area contributed by atoms with Crippen LogP contribution in [0.2, 0.25) is 0 Å². The van der Waals surface area contributed by atoms with Gasteiger partial charge < -0.3 is 10.1 Å². The molecule has 0 aromatic rings. The highest BCUT2D eigenvalue weighted by molar-refractivity contribution is 5.80. The molecule has 0 aromatic carbocycles. The van der Waals surface area contributed by atoms with Gasteiger partial charge in [0.2, 0.25) is 0 Å². The van der Waals surface area contributed by atoms with Crippen molar-refractivity contribution in [3.63, 3.8) is 0 Å². The largest absolute Gasteiger partial charge is 0.461 e. The molecule has 1 aliphatic carbocycles. The molecule has 1 N–H and O–H groups in total. The summed E-state index contributed by atoms with van der Waals surface area (Å²) in [6, 6.07) is 0. The van der Waals surface area contributed by atoms with Crippen molar-refractivity contribution >= 4 is 5.97 Å². The lowest BCUT2D eigenvalue weighted by Gasteiger charge is -2.32. The van der Waals surface area contributed by atoms with Gasteiger partial charge in [0.25, 0.3) is 0 Å². The van der Waals surface area contributed by atoms with Gasteiger partial charge in [-0.3, -0.25) is 4.79 Å². The molecule has 0 aromatic heterocycles. The fourth-order valence-electron chi connectivity index (χ4n) is 2.79. The average Bonchev–Trinajstić information content (AvgIpc) is 2.70. The second-order valence-corrected chi connectivity index (χ2v) is 5.57. The van der Waals surface area contributed by atoms with Gasteiger partial charge in [0.1, 0.15) is 11.6 Å². The Balaban J connectivity index is 1.90. The molecule has 1 heterocycles. The zero-order valence-electron chi connectivity index (χ0n) is 10.4. The van der Waals surface area contributed by atoms with Crippen LogP contribution in [0.1, 0.15) is 52.4 Å². The van der Waals surface area contributed by atoms with Gasteiger partial charge in [-0.05, 0) is 51.5 Å². The number of nitrogens with one attached hydrogen (secondary N) is 1. The van der Waals surface area contributed by atoms with Gasteiger partial charge in [-0.2, -0.15) is 0 Å². The van der Waals surface area contributed by atoms with Gasteiger partial charge in [0.15, 0.2) is 0 Å². The highest BCUT2D eigenvalue weighted by atomic mass is 16.5. The molecule has 3 nitrogen and oxygen atoms in total. The quantitative estimate of drug-likeness (QED) is 0.733. The molecule has 3 unspecified atom stereocenters. The molecule has 3 atom stereocenters. The summed E-state index contributed by atoms with van der Waals surface area (Å²) < 4.78 is 5.69. The number of hydrogen-bond donors (Lipinski definition) is 1. The molecule has 3 heteroatoms. The van der Waals surface area contributed by atoms with E-state index in [1.54, 1.807) is 0 Å². The van der Waals surface area contributed by atoms with E-state index in [1.807, 2.05) is 6.92 Å². The SMILES string of the molecule is CC1CCCCC1OC(=O)C1(C)CCCN1. The lowest BCUT2D eigenvalue weighted by atomic mass is 9.87. The van der Waals surface area contributed by atoms with Crippen LogP contribution < -0.4 is 5.32 Å². The summed E-state index contributed by atoms with van der Waals surface area (Å²) in [7, 11) is 0. The molecule has 1 saturated carbocycles. The minimum absolute atomic E-state index is 0.0382. The second kappa shape index (κ2) is 4.74. The van der Waals surface area contributed by atoms with E-state index >= 15 is 0 Å². The molecule has 2 rings (SSSR count). The van der Waals surface area contributed by atoms with Crippen LogP contribution in [0.3, 0.4) is 0 Å². The summed E-state index contributed by atoms with van der Waals surface area (Å²) in [5.74, 6) is 0.492. The van der Waals surface area contributed by atoms with Gasteiger partial charge in [-0.25, -0.2) is 0 Å². The van der Waals surface area contributed by atoms with E-state index in [4.69, 9.17) is 4.74 Å². The van der Waals surface area contributed by atoms with Gasteiger partial charge in [-0.15, -0.1) is 0 Å². The van der Waals surface area contributed by atoms with Crippen LogP contribution in [-0.4, -0.2) is 24.2 Å². The number of ether oxygens (including phenoxy) is 1. The van der Waals surface area contributed by atoms with E-state index < -0.39 is 5.54 Å². The summed E-state index contributed by atoms with van der Waals surface area (Å²) in [5, 5.41) is 3.26. The summed E-state index contributed by atoms with van der Waals surface area (Å²) in [6.45, 7) is 5.10. The predicted molar refractivity (Wildman–Crippen MR) is 63.2 cm³/mol. The van der Waals surface area contributed by atoms with Crippen LogP contribution in [0, 0.1) is 5.92 Å². The van der Waals surface area contributed by atoms with Gasteiger partial charge in [-0.1, -0.05) is 13.3 Å². The standard InChI is InChI=1S/C13H23NO2/c1-10-6-3-4-7-11(10)16-12(15)13(2)8-5-9-14-13/h10-11,14H,3-9H2,1-2H3.